The molecule has 24 heavy (non-hydrogen) atoms. The number of hydrogen-bond donors (Lipinski definition) is 1. The molecule has 1 saturated heterocycles. The highest BCUT2D eigenvalue weighted by Crippen LogP contribution is 2.36. The van der Waals surface area contributed by atoms with Gasteiger partial charge in [0.05, 0.1) is 0 Å². The van der Waals surface area contributed by atoms with Gasteiger partial charge in [0.25, 0.3) is 0 Å². The Morgan fingerprint density at radius 2 is 1.54 bits per heavy atom. The Balaban J connectivity index is 1.91. The molecule has 1 aliphatic rings. The topological polar surface area (TPSA) is 49.8 Å². The van der Waals surface area contributed by atoms with Crippen LogP contribution in [0.5, 0.6) is 0 Å². The van der Waals surface area contributed by atoms with Crippen molar-refractivity contribution in [2.75, 3.05) is 0 Å². The van der Waals surface area contributed by atoms with Crippen molar-refractivity contribution < 1.29 is 14.6 Å². The molecule has 0 aromatic carbocycles. The minimum absolute atomic E-state index is 0.250. The summed E-state index contributed by atoms with van der Waals surface area (Å²) in [5, 5.41) is 8.44. The van der Waals surface area contributed by atoms with Gasteiger partial charge in [-0.25, -0.2) is 4.79 Å². The van der Waals surface area contributed by atoms with Crippen molar-refractivity contribution in [1.82, 2.24) is 0 Å². The normalized spacial score (nSPS) is 17.3. The molecular weight excluding hydrogens is 324 g/mol. The first kappa shape index (κ1) is 20.8. The molecule has 1 N–H and O–H groups in total. The maximum absolute atomic E-state index is 10.6. The molecule has 0 radical (unpaired) electrons. The van der Waals surface area contributed by atoms with Crippen LogP contribution in [0.15, 0.2) is 34.8 Å². The van der Waals surface area contributed by atoms with E-state index >= 15 is 0 Å². The molecule has 0 bridgehead atoms. The molecule has 0 saturated carbocycles. The Morgan fingerprint density at radius 1 is 1.00 bits per heavy atom. The maximum Gasteiger partial charge on any atom is 0.351 e. The lowest BCUT2D eigenvalue weighted by atomic mass is 10.1. The summed E-state index contributed by atoms with van der Waals surface area (Å²) in [6, 6.07) is 0. The first-order valence-electron chi connectivity index (χ1n) is 9.35. The number of allylic oxidation sites excluding steroid dienone is 3. The second-order valence-electron chi connectivity index (χ2n) is 6.33. The van der Waals surface area contributed by atoms with Crippen LogP contribution in [0.4, 0.5) is 0 Å². The largest absolute Gasteiger partial charge is 0.477 e. The summed E-state index contributed by atoms with van der Waals surface area (Å²) in [4.78, 5) is 10.6. The maximum atomic E-state index is 10.6. The number of hydrogen-bond acceptors (Lipinski definition) is 2. The van der Waals surface area contributed by atoms with Crippen LogP contribution in [-0.2, 0) is 9.53 Å². The predicted octanol–water partition coefficient (Wildman–Crippen LogP) is 6.69. The van der Waals surface area contributed by atoms with Gasteiger partial charge in [-0.15, -0.1) is 0 Å². The summed E-state index contributed by atoms with van der Waals surface area (Å²) in [6.07, 6.45) is 21.7. The van der Waals surface area contributed by atoms with Gasteiger partial charge in [-0.05, 0) is 18.9 Å². The van der Waals surface area contributed by atoms with Gasteiger partial charge >= 0.3 is 5.97 Å². The number of carbonyl (C=O) groups is 1. The predicted molar refractivity (Wildman–Crippen MR) is 99.9 cm³/mol. The second kappa shape index (κ2) is 13.1. The number of epoxide rings is 1. The third-order valence-electron chi connectivity index (χ3n) is 4.14. The molecule has 4 heteroatoms. The van der Waals surface area contributed by atoms with Crippen LogP contribution in [0.3, 0.4) is 0 Å². The standard InChI is InChI=1S/C20H31ClO3/c1-2-3-4-5-6-7-8-9-10-11-12-13-14-15-16-17-19(24-17)18(21)20(22)23/h14-16H,2-13H2,1H3,(H,22,23). The van der Waals surface area contributed by atoms with Gasteiger partial charge in [0.15, 0.2) is 16.6 Å². The van der Waals surface area contributed by atoms with E-state index in [2.05, 4.69) is 13.0 Å². The monoisotopic (exact) mass is 354 g/mol. The van der Waals surface area contributed by atoms with Gasteiger partial charge in [0, 0.05) is 0 Å². The minimum atomic E-state index is -1.15. The summed E-state index contributed by atoms with van der Waals surface area (Å²) in [5.41, 5.74) is 0. The molecule has 0 spiro atoms. The highest BCUT2D eigenvalue weighted by Gasteiger charge is 2.31. The van der Waals surface area contributed by atoms with E-state index in [0.717, 1.165) is 6.42 Å². The first-order chi connectivity index (χ1) is 11.7. The zero-order chi connectivity index (χ0) is 17.6. The molecule has 1 rings (SSSR count). The fourth-order valence-electron chi connectivity index (χ4n) is 2.62. The quantitative estimate of drug-likeness (QED) is 0.214. The lowest BCUT2D eigenvalue weighted by Gasteiger charge is -2.01. The number of carboxylic acid groups (broad SMARTS) is 1. The van der Waals surface area contributed by atoms with Gasteiger partial charge in [0.1, 0.15) is 0 Å². The average molecular weight is 355 g/mol. The molecule has 0 atom stereocenters. The molecule has 1 heterocycles. The number of halogens is 1. The summed E-state index contributed by atoms with van der Waals surface area (Å²) in [6.45, 7) is 2.26. The Labute approximate surface area is 151 Å². The molecule has 0 aromatic rings. The zero-order valence-corrected chi connectivity index (χ0v) is 15.6. The lowest BCUT2D eigenvalue weighted by Crippen LogP contribution is -1.92. The molecule has 1 aliphatic heterocycles. The number of carboxylic acids is 1. The van der Waals surface area contributed by atoms with Gasteiger partial charge in [-0.1, -0.05) is 94.9 Å². The van der Waals surface area contributed by atoms with E-state index in [1.165, 1.54) is 70.6 Å². The van der Waals surface area contributed by atoms with E-state index in [1.807, 2.05) is 6.08 Å². The summed E-state index contributed by atoms with van der Waals surface area (Å²) in [7, 11) is 0. The van der Waals surface area contributed by atoms with Crippen molar-refractivity contribution in [1.29, 1.82) is 0 Å². The molecule has 0 aliphatic carbocycles. The fourth-order valence-corrected chi connectivity index (χ4v) is 2.75. The van der Waals surface area contributed by atoms with Crippen LogP contribution in [0.25, 0.3) is 0 Å². The average Bonchev–Trinajstić information content (AvgIpc) is 3.33. The molecule has 136 valence electrons. The highest BCUT2D eigenvalue weighted by atomic mass is 35.5. The van der Waals surface area contributed by atoms with Gasteiger partial charge in [-0.3, -0.25) is 0 Å². The van der Waals surface area contributed by atoms with Crippen LogP contribution >= 0.6 is 11.6 Å². The van der Waals surface area contributed by atoms with Crippen molar-refractivity contribution >= 4 is 17.6 Å². The van der Waals surface area contributed by atoms with E-state index in [4.69, 9.17) is 21.4 Å². The Bertz CT molecular complexity index is 464. The third-order valence-corrected chi connectivity index (χ3v) is 4.47. The molecule has 3 nitrogen and oxygen atoms in total. The molecular formula is C20H31ClO3. The minimum Gasteiger partial charge on any atom is -0.477 e. The van der Waals surface area contributed by atoms with Gasteiger partial charge < -0.3 is 9.84 Å². The van der Waals surface area contributed by atoms with Gasteiger partial charge in [0.2, 0.25) is 0 Å². The first-order valence-corrected chi connectivity index (χ1v) is 9.72. The Morgan fingerprint density at radius 3 is 2.08 bits per heavy atom. The van der Waals surface area contributed by atoms with E-state index in [1.54, 1.807) is 6.08 Å². The molecule has 1 fully saturated rings. The Kier molecular flexibility index (Phi) is 11.4. The molecule has 0 aromatic heterocycles. The van der Waals surface area contributed by atoms with Crippen molar-refractivity contribution in [2.45, 2.75) is 84.0 Å². The smallest absolute Gasteiger partial charge is 0.351 e. The van der Waals surface area contributed by atoms with Crippen LogP contribution in [0.2, 0.25) is 0 Å². The number of ether oxygens (including phenoxy) is 1. The van der Waals surface area contributed by atoms with Gasteiger partial charge in [-0.2, -0.15) is 0 Å². The van der Waals surface area contributed by atoms with Crippen LogP contribution in [0, 0.1) is 0 Å². The van der Waals surface area contributed by atoms with Crippen LogP contribution in [-0.4, -0.2) is 11.1 Å². The second-order valence-corrected chi connectivity index (χ2v) is 6.71. The van der Waals surface area contributed by atoms with E-state index < -0.39 is 5.97 Å². The molecule has 0 amide bonds. The highest BCUT2D eigenvalue weighted by molar-refractivity contribution is 6.41. The zero-order valence-electron chi connectivity index (χ0n) is 14.9. The SMILES string of the molecule is CCCCCCCCCCCCCC=CC=C1OC1=C(Cl)C(=O)O. The summed E-state index contributed by atoms with van der Waals surface area (Å²) in [5.74, 6) is -0.318. The third kappa shape index (κ3) is 9.82. The number of aliphatic carboxylic acids is 1. The van der Waals surface area contributed by atoms with Crippen LogP contribution in [0.1, 0.15) is 84.0 Å². The van der Waals surface area contributed by atoms with E-state index in [9.17, 15) is 4.79 Å². The lowest BCUT2D eigenvalue weighted by molar-refractivity contribution is -0.131. The summed E-state index contributed by atoms with van der Waals surface area (Å²) < 4.78 is 5.03. The van der Waals surface area contributed by atoms with Crippen molar-refractivity contribution in [3.8, 4) is 0 Å². The van der Waals surface area contributed by atoms with E-state index in [-0.39, 0.29) is 10.8 Å². The molecule has 0 unspecified atom stereocenters. The van der Waals surface area contributed by atoms with Crippen molar-refractivity contribution in [3.05, 3.63) is 34.8 Å². The number of unbranched alkanes of at least 4 members (excludes halogenated alkanes) is 11. The Hall–Kier alpha value is -1.22. The van der Waals surface area contributed by atoms with Crippen LogP contribution < -0.4 is 0 Å². The fraction of sp³-hybridized carbons (Fsp3) is 0.650. The summed E-state index contributed by atoms with van der Waals surface area (Å²) >= 11 is 5.56. The number of rotatable bonds is 14. The van der Waals surface area contributed by atoms with Crippen molar-refractivity contribution in [2.24, 2.45) is 0 Å². The van der Waals surface area contributed by atoms with Crippen molar-refractivity contribution in [3.63, 3.8) is 0 Å². The van der Waals surface area contributed by atoms with E-state index in [0.29, 0.717) is 5.76 Å².